The van der Waals surface area contributed by atoms with Crippen molar-refractivity contribution < 1.29 is 9.59 Å². The van der Waals surface area contributed by atoms with Crippen LogP contribution in [-0.4, -0.2) is 21.5 Å². The van der Waals surface area contributed by atoms with Crippen molar-refractivity contribution in [3.8, 4) is 5.00 Å². The van der Waals surface area contributed by atoms with Crippen LogP contribution in [0.3, 0.4) is 0 Å². The number of amidine groups is 1. The number of nitrogens with one attached hydrogen (secondary N) is 2. The minimum atomic E-state index is -0.190. The van der Waals surface area contributed by atoms with E-state index in [1.54, 1.807) is 23.5 Å². The summed E-state index contributed by atoms with van der Waals surface area (Å²) >= 11 is 9.10. The number of benzene rings is 2. The van der Waals surface area contributed by atoms with Crippen LogP contribution >= 0.6 is 34.7 Å². The molecule has 2 aromatic heterocycles. The number of anilines is 1. The molecule has 1 aliphatic heterocycles. The second kappa shape index (κ2) is 11.4. The van der Waals surface area contributed by atoms with E-state index < -0.39 is 0 Å². The Morgan fingerprint density at radius 2 is 1.85 bits per heavy atom. The summed E-state index contributed by atoms with van der Waals surface area (Å²) in [5.41, 5.74) is 7.46. The number of nitrogens with zero attached hydrogens (tertiary/aromatic N) is 2. The van der Waals surface area contributed by atoms with Crippen molar-refractivity contribution in [2.45, 2.75) is 46.5 Å². The standard InChI is InChI=1S/C32H29ClN4O2S2/c1-18-11-13-23(14-12-18)34-30(39)28-25-9-4-5-10-26(25)40-31(28)37-19(2)15-21(20(37)3)16-27-29(38)36-32(41-27)35-24-8-6-7-22(33)17-24/h6-8,11-17H,4-5,9-10H2,1-3H3,(H,34,39)(H,35,36,38)/b27-16-. The maximum absolute atomic E-state index is 13.8. The molecule has 0 atom stereocenters. The van der Waals surface area contributed by atoms with Crippen molar-refractivity contribution in [3.05, 3.63) is 103 Å². The summed E-state index contributed by atoms with van der Waals surface area (Å²) in [6, 6.07) is 17.2. The monoisotopic (exact) mass is 600 g/mol. The molecule has 9 heteroatoms. The number of aromatic nitrogens is 1. The number of amides is 2. The smallest absolute Gasteiger partial charge is 0.264 e. The molecule has 0 radical (unpaired) electrons. The minimum absolute atomic E-state index is 0.0803. The Labute approximate surface area is 252 Å². The van der Waals surface area contributed by atoms with Gasteiger partial charge in [0.25, 0.3) is 11.8 Å². The number of thiophene rings is 1. The van der Waals surface area contributed by atoms with E-state index >= 15 is 0 Å². The number of fused-ring (bicyclic) bond motifs is 1. The summed E-state index contributed by atoms with van der Waals surface area (Å²) in [4.78, 5) is 33.0. The minimum Gasteiger partial charge on any atom is -0.322 e. The molecule has 41 heavy (non-hydrogen) atoms. The number of aryl methyl sites for hydroxylation is 3. The first-order valence-corrected chi connectivity index (χ1v) is 15.5. The molecule has 1 fully saturated rings. The lowest BCUT2D eigenvalue weighted by Gasteiger charge is -2.14. The second-order valence-corrected chi connectivity index (χ2v) is 12.9. The van der Waals surface area contributed by atoms with E-state index in [0.717, 1.165) is 64.4 Å². The van der Waals surface area contributed by atoms with Gasteiger partial charge in [-0.25, -0.2) is 4.99 Å². The summed E-state index contributed by atoms with van der Waals surface area (Å²) in [7, 11) is 0. The number of thioether (sulfide) groups is 1. The topological polar surface area (TPSA) is 75.5 Å². The van der Waals surface area contributed by atoms with Gasteiger partial charge in [0.15, 0.2) is 5.17 Å². The van der Waals surface area contributed by atoms with Crippen LogP contribution in [-0.2, 0) is 17.6 Å². The molecule has 2 aliphatic rings. The Hall–Kier alpha value is -3.59. The number of carbonyl (C=O) groups is 2. The number of carbonyl (C=O) groups excluding carboxylic acids is 2. The summed E-state index contributed by atoms with van der Waals surface area (Å²) in [5, 5.41) is 8.03. The summed E-state index contributed by atoms with van der Waals surface area (Å²) in [5.74, 6) is -0.270. The fourth-order valence-corrected chi connectivity index (χ4v) is 7.82. The predicted molar refractivity (Wildman–Crippen MR) is 171 cm³/mol. The lowest BCUT2D eigenvalue weighted by molar-refractivity contribution is -0.115. The number of rotatable bonds is 5. The van der Waals surface area contributed by atoms with Crippen molar-refractivity contribution in [1.82, 2.24) is 9.88 Å². The molecule has 2 aromatic carbocycles. The number of hydrogen-bond donors (Lipinski definition) is 2. The SMILES string of the molecule is Cc1ccc(NC(=O)c2c(-n3c(C)cc(/C=C4\SC(=Nc5cccc(Cl)c5)NC4=O)c3C)sc3c2CCCC3)cc1. The van der Waals surface area contributed by atoms with Crippen LogP contribution in [0.2, 0.25) is 5.02 Å². The molecule has 6 rings (SSSR count). The zero-order chi connectivity index (χ0) is 28.7. The van der Waals surface area contributed by atoms with Gasteiger partial charge in [0.05, 0.1) is 16.2 Å². The van der Waals surface area contributed by atoms with Crippen molar-refractivity contribution >= 4 is 69.1 Å². The third kappa shape index (κ3) is 5.64. The first-order chi connectivity index (χ1) is 19.8. The molecule has 3 heterocycles. The maximum Gasteiger partial charge on any atom is 0.264 e. The lowest BCUT2D eigenvalue weighted by Crippen LogP contribution is -2.19. The zero-order valence-electron chi connectivity index (χ0n) is 23.0. The lowest BCUT2D eigenvalue weighted by atomic mass is 9.95. The van der Waals surface area contributed by atoms with Crippen molar-refractivity contribution in [3.63, 3.8) is 0 Å². The highest BCUT2D eigenvalue weighted by Gasteiger charge is 2.29. The van der Waals surface area contributed by atoms with Gasteiger partial charge in [-0.3, -0.25) is 9.59 Å². The highest BCUT2D eigenvalue weighted by atomic mass is 35.5. The van der Waals surface area contributed by atoms with Crippen LogP contribution in [0.4, 0.5) is 11.4 Å². The molecule has 1 aliphatic carbocycles. The number of aliphatic imine (C=N–C) groups is 1. The van der Waals surface area contributed by atoms with E-state index in [9.17, 15) is 9.59 Å². The Morgan fingerprint density at radius 3 is 2.63 bits per heavy atom. The summed E-state index contributed by atoms with van der Waals surface area (Å²) < 4.78 is 2.16. The van der Waals surface area contributed by atoms with E-state index in [0.29, 0.717) is 20.8 Å². The Balaban J connectivity index is 1.35. The van der Waals surface area contributed by atoms with Gasteiger partial charge in [-0.1, -0.05) is 35.4 Å². The second-order valence-electron chi connectivity index (χ2n) is 10.3. The molecule has 2 N–H and O–H groups in total. The average Bonchev–Trinajstić information content (AvgIpc) is 3.57. The van der Waals surface area contributed by atoms with E-state index in [1.165, 1.54) is 22.2 Å². The van der Waals surface area contributed by atoms with Crippen LogP contribution in [0.25, 0.3) is 11.1 Å². The summed E-state index contributed by atoms with van der Waals surface area (Å²) in [6.45, 7) is 6.12. The van der Waals surface area contributed by atoms with E-state index in [-0.39, 0.29) is 11.8 Å². The molecule has 6 nitrogen and oxygen atoms in total. The van der Waals surface area contributed by atoms with Gasteiger partial charge >= 0.3 is 0 Å². The normalized spacial score (nSPS) is 16.7. The number of halogens is 1. The van der Waals surface area contributed by atoms with E-state index in [4.69, 9.17) is 11.6 Å². The quantitative estimate of drug-likeness (QED) is 0.227. The molecule has 208 valence electrons. The third-order valence-electron chi connectivity index (χ3n) is 7.34. The molecule has 2 amide bonds. The maximum atomic E-state index is 13.8. The molecule has 1 saturated heterocycles. The molecule has 4 aromatic rings. The van der Waals surface area contributed by atoms with E-state index in [1.807, 2.05) is 63.2 Å². The molecular weight excluding hydrogens is 572 g/mol. The van der Waals surface area contributed by atoms with Gasteiger partial charge in [0.2, 0.25) is 0 Å². The van der Waals surface area contributed by atoms with E-state index in [2.05, 4.69) is 26.3 Å². The first-order valence-electron chi connectivity index (χ1n) is 13.5. The Morgan fingerprint density at radius 1 is 1.07 bits per heavy atom. The molecule has 0 bridgehead atoms. The van der Waals surface area contributed by atoms with Crippen molar-refractivity contribution in [1.29, 1.82) is 0 Å². The van der Waals surface area contributed by atoms with Crippen LogP contribution in [0.5, 0.6) is 0 Å². The van der Waals surface area contributed by atoms with Crippen LogP contribution in [0.1, 0.15) is 56.2 Å². The molecule has 0 unspecified atom stereocenters. The average molecular weight is 601 g/mol. The Kier molecular flexibility index (Phi) is 7.64. The number of hydrogen-bond acceptors (Lipinski definition) is 5. The van der Waals surface area contributed by atoms with Gasteiger partial charge < -0.3 is 15.2 Å². The van der Waals surface area contributed by atoms with Gasteiger partial charge in [-0.05, 0) is 112 Å². The van der Waals surface area contributed by atoms with Gasteiger partial charge in [0.1, 0.15) is 5.00 Å². The fourth-order valence-electron chi connectivity index (χ4n) is 5.30. The van der Waals surface area contributed by atoms with Gasteiger partial charge in [-0.15, -0.1) is 11.3 Å². The largest absolute Gasteiger partial charge is 0.322 e. The fraction of sp³-hybridized carbons (Fsp3) is 0.219. The van der Waals surface area contributed by atoms with Crippen LogP contribution in [0.15, 0.2) is 64.5 Å². The Bertz CT molecular complexity index is 1750. The summed E-state index contributed by atoms with van der Waals surface area (Å²) in [6.07, 6.45) is 6.02. The van der Waals surface area contributed by atoms with Crippen molar-refractivity contribution in [2.75, 3.05) is 5.32 Å². The van der Waals surface area contributed by atoms with Crippen molar-refractivity contribution in [2.24, 2.45) is 4.99 Å². The molecular formula is C32H29ClN4O2S2. The highest BCUT2D eigenvalue weighted by molar-refractivity contribution is 8.18. The van der Waals surface area contributed by atoms with Gasteiger partial charge in [0, 0.05) is 27.0 Å². The zero-order valence-corrected chi connectivity index (χ0v) is 25.4. The first kappa shape index (κ1) is 27.6. The van der Waals surface area contributed by atoms with Crippen LogP contribution in [0, 0.1) is 20.8 Å². The van der Waals surface area contributed by atoms with Crippen LogP contribution < -0.4 is 10.6 Å². The molecule has 0 spiro atoms. The highest BCUT2D eigenvalue weighted by Crippen LogP contribution is 2.40. The predicted octanol–water partition coefficient (Wildman–Crippen LogP) is 8.14. The third-order valence-corrected chi connectivity index (χ3v) is 9.76. The molecule has 0 saturated carbocycles. The van der Waals surface area contributed by atoms with Gasteiger partial charge in [-0.2, -0.15) is 0 Å².